The first kappa shape index (κ1) is 13.9. The summed E-state index contributed by atoms with van der Waals surface area (Å²) in [5.41, 5.74) is 0. The zero-order valence-corrected chi connectivity index (χ0v) is 9.24. The number of esters is 2. The molecule has 0 spiro atoms. The van der Waals surface area contributed by atoms with Crippen LogP contribution in [-0.4, -0.2) is 45.0 Å². The zero-order valence-electron chi connectivity index (χ0n) is 9.24. The van der Waals surface area contributed by atoms with E-state index in [-0.39, 0.29) is 19.9 Å². The third kappa shape index (κ3) is 5.34. The standard InChI is InChI=1S/C9H17NO5/c1-4-14-8(11)7(10-6-13-3)9(12)15-5-2/h7,10H,4-6H2,1-3H3. The molecule has 6 nitrogen and oxygen atoms in total. The fourth-order valence-corrected chi connectivity index (χ4v) is 0.881. The average molecular weight is 219 g/mol. The van der Waals surface area contributed by atoms with Gasteiger partial charge in [0.1, 0.15) is 0 Å². The van der Waals surface area contributed by atoms with Gasteiger partial charge < -0.3 is 14.2 Å². The summed E-state index contributed by atoms with van der Waals surface area (Å²) in [5.74, 6) is -1.32. The topological polar surface area (TPSA) is 73.9 Å². The van der Waals surface area contributed by atoms with Gasteiger partial charge in [-0.1, -0.05) is 0 Å². The van der Waals surface area contributed by atoms with E-state index in [9.17, 15) is 9.59 Å². The minimum absolute atomic E-state index is 0.0717. The quantitative estimate of drug-likeness (QED) is 0.359. The van der Waals surface area contributed by atoms with Crippen molar-refractivity contribution in [2.24, 2.45) is 0 Å². The number of methoxy groups -OCH3 is 1. The van der Waals surface area contributed by atoms with E-state index in [1.165, 1.54) is 7.11 Å². The minimum atomic E-state index is -1.12. The Morgan fingerprint density at radius 3 is 1.93 bits per heavy atom. The fraction of sp³-hybridized carbons (Fsp3) is 0.778. The van der Waals surface area contributed by atoms with E-state index in [4.69, 9.17) is 14.2 Å². The van der Waals surface area contributed by atoms with E-state index < -0.39 is 18.0 Å². The molecule has 0 fully saturated rings. The normalized spacial score (nSPS) is 10.1. The molecule has 0 amide bonds. The van der Waals surface area contributed by atoms with Gasteiger partial charge in [-0.3, -0.25) is 5.32 Å². The number of rotatable bonds is 7. The maximum Gasteiger partial charge on any atom is 0.334 e. The molecule has 15 heavy (non-hydrogen) atoms. The molecule has 0 heterocycles. The molecule has 1 N–H and O–H groups in total. The zero-order chi connectivity index (χ0) is 11.7. The molecule has 0 aromatic rings. The number of hydrogen-bond acceptors (Lipinski definition) is 6. The molecule has 0 rings (SSSR count). The van der Waals surface area contributed by atoms with Gasteiger partial charge in [0, 0.05) is 7.11 Å². The molecule has 0 saturated heterocycles. The molecule has 0 aliphatic rings. The first-order valence-corrected chi connectivity index (χ1v) is 4.72. The average Bonchev–Trinajstić information content (AvgIpc) is 2.19. The van der Waals surface area contributed by atoms with Crippen LogP contribution in [0.5, 0.6) is 0 Å². The van der Waals surface area contributed by atoms with Crippen molar-refractivity contribution in [3.05, 3.63) is 0 Å². The molecule has 88 valence electrons. The largest absolute Gasteiger partial charge is 0.464 e. The van der Waals surface area contributed by atoms with Crippen LogP contribution in [0.1, 0.15) is 13.8 Å². The van der Waals surface area contributed by atoms with Crippen molar-refractivity contribution >= 4 is 11.9 Å². The van der Waals surface area contributed by atoms with E-state index in [0.29, 0.717) is 0 Å². The second-order valence-corrected chi connectivity index (χ2v) is 2.57. The monoisotopic (exact) mass is 219 g/mol. The predicted molar refractivity (Wildman–Crippen MR) is 52.1 cm³/mol. The number of carbonyl (C=O) groups is 2. The van der Waals surface area contributed by atoms with Gasteiger partial charge in [-0.15, -0.1) is 0 Å². The highest BCUT2D eigenvalue weighted by Gasteiger charge is 2.28. The molecule has 0 saturated carbocycles. The highest BCUT2D eigenvalue weighted by Crippen LogP contribution is 1.94. The Bertz CT molecular complexity index is 189. The summed E-state index contributed by atoms with van der Waals surface area (Å²) in [6.45, 7) is 3.82. The van der Waals surface area contributed by atoms with Crippen molar-refractivity contribution in [2.75, 3.05) is 27.1 Å². The molecule has 0 aliphatic carbocycles. The second kappa shape index (κ2) is 8.19. The molecular formula is C9H17NO5. The van der Waals surface area contributed by atoms with Crippen LogP contribution in [0.3, 0.4) is 0 Å². The highest BCUT2D eigenvalue weighted by molar-refractivity contribution is 5.99. The van der Waals surface area contributed by atoms with Crippen LogP contribution in [0, 0.1) is 0 Å². The minimum Gasteiger partial charge on any atom is -0.464 e. The molecule has 0 atom stereocenters. The number of ether oxygens (including phenoxy) is 3. The highest BCUT2D eigenvalue weighted by atomic mass is 16.6. The van der Waals surface area contributed by atoms with Crippen LogP contribution in [0.2, 0.25) is 0 Å². The van der Waals surface area contributed by atoms with Gasteiger partial charge in [-0.05, 0) is 13.8 Å². The summed E-state index contributed by atoms with van der Waals surface area (Å²) >= 11 is 0. The Hall–Kier alpha value is -1.14. The van der Waals surface area contributed by atoms with Gasteiger partial charge >= 0.3 is 11.9 Å². The number of hydrogen-bond donors (Lipinski definition) is 1. The lowest BCUT2D eigenvalue weighted by Gasteiger charge is -2.14. The van der Waals surface area contributed by atoms with Crippen LogP contribution in [0.15, 0.2) is 0 Å². The Kier molecular flexibility index (Phi) is 7.57. The Morgan fingerprint density at radius 2 is 1.60 bits per heavy atom. The third-order valence-corrected chi connectivity index (χ3v) is 1.48. The van der Waals surface area contributed by atoms with Crippen LogP contribution < -0.4 is 5.32 Å². The Balaban J connectivity index is 4.28. The van der Waals surface area contributed by atoms with E-state index >= 15 is 0 Å². The lowest BCUT2D eigenvalue weighted by Crippen LogP contribution is -2.46. The smallest absolute Gasteiger partial charge is 0.334 e. The summed E-state index contributed by atoms with van der Waals surface area (Å²) in [5, 5.41) is 2.57. The van der Waals surface area contributed by atoms with Crippen LogP contribution >= 0.6 is 0 Å². The lowest BCUT2D eigenvalue weighted by atomic mass is 10.3. The maximum atomic E-state index is 11.3. The molecule has 0 aliphatic heterocycles. The van der Waals surface area contributed by atoms with Crippen LogP contribution in [0.4, 0.5) is 0 Å². The van der Waals surface area contributed by atoms with Crippen molar-refractivity contribution in [3.8, 4) is 0 Å². The van der Waals surface area contributed by atoms with Gasteiger partial charge in [0.05, 0.1) is 19.9 Å². The number of nitrogens with one attached hydrogen (secondary N) is 1. The first-order valence-electron chi connectivity index (χ1n) is 4.72. The maximum absolute atomic E-state index is 11.3. The van der Waals surface area contributed by atoms with E-state index in [1.54, 1.807) is 13.8 Å². The first-order chi connectivity index (χ1) is 7.17. The summed E-state index contributed by atoms with van der Waals surface area (Å²) in [4.78, 5) is 22.6. The molecule has 0 radical (unpaired) electrons. The van der Waals surface area contributed by atoms with Gasteiger partial charge in [0.15, 0.2) is 0 Å². The van der Waals surface area contributed by atoms with Crippen molar-refractivity contribution in [1.82, 2.24) is 5.32 Å². The van der Waals surface area contributed by atoms with Gasteiger partial charge in [-0.25, -0.2) is 9.59 Å². The molecule has 6 heteroatoms. The number of carbonyl (C=O) groups excluding carboxylic acids is 2. The molecule has 0 aromatic carbocycles. The van der Waals surface area contributed by atoms with Crippen LogP contribution in [0.25, 0.3) is 0 Å². The van der Waals surface area contributed by atoms with E-state index in [0.717, 1.165) is 0 Å². The molecule has 0 aromatic heterocycles. The summed E-state index contributed by atoms with van der Waals surface area (Å²) < 4.78 is 14.1. The predicted octanol–water partition coefficient (Wildman–Crippen LogP) is -0.325. The second-order valence-electron chi connectivity index (χ2n) is 2.57. The Morgan fingerprint density at radius 1 is 1.13 bits per heavy atom. The van der Waals surface area contributed by atoms with Crippen molar-refractivity contribution < 1.29 is 23.8 Å². The SMILES string of the molecule is CCOC(=O)C(NCOC)C(=O)OCC. The summed E-state index contributed by atoms with van der Waals surface area (Å²) in [6, 6.07) is -1.12. The lowest BCUT2D eigenvalue weighted by molar-refractivity contribution is -0.158. The van der Waals surface area contributed by atoms with Crippen molar-refractivity contribution in [3.63, 3.8) is 0 Å². The van der Waals surface area contributed by atoms with Gasteiger partial charge in [0.25, 0.3) is 0 Å². The molecular weight excluding hydrogens is 202 g/mol. The fourth-order valence-electron chi connectivity index (χ4n) is 0.881. The van der Waals surface area contributed by atoms with Crippen LogP contribution in [-0.2, 0) is 23.8 Å². The molecule has 0 unspecified atom stereocenters. The Labute approximate surface area is 88.9 Å². The summed E-state index contributed by atoms with van der Waals surface area (Å²) in [7, 11) is 1.44. The molecule has 0 bridgehead atoms. The van der Waals surface area contributed by atoms with Crippen molar-refractivity contribution in [2.45, 2.75) is 19.9 Å². The van der Waals surface area contributed by atoms with Gasteiger partial charge in [0.2, 0.25) is 6.04 Å². The van der Waals surface area contributed by atoms with E-state index in [2.05, 4.69) is 5.32 Å². The summed E-state index contributed by atoms with van der Waals surface area (Å²) in [6.07, 6.45) is 0. The van der Waals surface area contributed by atoms with E-state index in [1.807, 2.05) is 0 Å². The van der Waals surface area contributed by atoms with Crippen molar-refractivity contribution in [1.29, 1.82) is 0 Å². The third-order valence-electron chi connectivity index (χ3n) is 1.48. The van der Waals surface area contributed by atoms with Gasteiger partial charge in [-0.2, -0.15) is 0 Å².